The minimum atomic E-state index is -0.893. The van der Waals surface area contributed by atoms with Gasteiger partial charge in [0.2, 0.25) is 0 Å². The molecular formula is C6H11Cl2NO. The smallest absolute Gasteiger partial charge is 0.120 e. The second-order valence-electron chi connectivity index (χ2n) is 2.27. The fourth-order valence-electron chi connectivity index (χ4n) is 0.400. The Kier molecular flexibility index (Phi) is 3.63. The van der Waals surface area contributed by atoms with Crippen molar-refractivity contribution in [3.8, 4) is 0 Å². The highest BCUT2D eigenvalue weighted by Gasteiger charge is 2.32. The maximum Gasteiger partial charge on any atom is 0.120 e. The molecule has 0 aliphatic carbocycles. The van der Waals surface area contributed by atoms with Gasteiger partial charge in [0.1, 0.15) is 10.0 Å². The third kappa shape index (κ3) is 2.11. The minimum Gasteiger partial charge on any atom is -0.379 e. The summed E-state index contributed by atoms with van der Waals surface area (Å²) in [7, 11) is 1.53. The van der Waals surface area contributed by atoms with Crippen LogP contribution in [0.15, 0.2) is 0 Å². The molecule has 0 heterocycles. The zero-order valence-corrected chi connectivity index (χ0v) is 7.75. The van der Waals surface area contributed by atoms with Crippen molar-refractivity contribution in [2.24, 2.45) is 0 Å². The Morgan fingerprint density at radius 1 is 1.70 bits per heavy atom. The first-order valence-corrected chi connectivity index (χ1v) is 3.64. The molecule has 0 rings (SSSR count). The molecule has 0 fully saturated rings. The third-order valence-corrected chi connectivity index (χ3v) is 2.53. The molecule has 2 nitrogen and oxygen atoms in total. The summed E-state index contributed by atoms with van der Waals surface area (Å²) in [6.07, 6.45) is -0.251. The van der Waals surface area contributed by atoms with Crippen LogP contribution in [0.4, 0.5) is 0 Å². The van der Waals surface area contributed by atoms with Crippen LogP contribution in [0, 0.1) is 5.41 Å². The lowest BCUT2D eigenvalue weighted by molar-refractivity contribution is 0.105. The van der Waals surface area contributed by atoms with Crippen molar-refractivity contribution in [2.75, 3.05) is 7.11 Å². The van der Waals surface area contributed by atoms with Crippen LogP contribution < -0.4 is 0 Å². The molecule has 0 spiro atoms. The Bertz CT molecular complexity index is 136. The Morgan fingerprint density at radius 3 is 2.20 bits per heavy atom. The molecule has 1 N–H and O–H groups in total. The van der Waals surface area contributed by atoms with E-state index in [1.54, 1.807) is 13.8 Å². The van der Waals surface area contributed by atoms with Crippen LogP contribution in [-0.4, -0.2) is 23.3 Å². The minimum absolute atomic E-state index is 0.0940. The van der Waals surface area contributed by atoms with Gasteiger partial charge in [-0.1, -0.05) is 11.6 Å². The molecule has 0 amide bonds. The lowest BCUT2D eigenvalue weighted by Gasteiger charge is -2.25. The van der Waals surface area contributed by atoms with Gasteiger partial charge in [-0.05, 0) is 13.8 Å². The van der Waals surface area contributed by atoms with Crippen LogP contribution in [-0.2, 0) is 4.74 Å². The van der Waals surface area contributed by atoms with E-state index < -0.39 is 4.87 Å². The van der Waals surface area contributed by atoms with Crippen molar-refractivity contribution in [1.29, 1.82) is 5.41 Å². The molecule has 60 valence electrons. The van der Waals surface area contributed by atoms with E-state index in [1.807, 2.05) is 0 Å². The van der Waals surface area contributed by atoms with Crippen LogP contribution in [0.5, 0.6) is 0 Å². The van der Waals surface area contributed by atoms with E-state index in [-0.39, 0.29) is 11.3 Å². The van der Waals surface area contributed by atoms with Gasteiger partial charge in [0.25, 0.3) is 0 Å². The molecule has 10 heavy (non-hydrogen) atoms. The first-order chi connectivity index (χ1) is 4.42. The normalized spacial score (nSPS) is 19.7. The highest BCUT2D eigenvalue weighted by molar-refractivity contribution is 6.71. The number of hydrogen-bond acceptors (Lipinski definition) is 2. The Labute approximate surface area is 71.0 Å². The number of ether oxygens (including phenoxy) is 1. The summed E-state index contributed by atoms with van der Waals surface area (Å²) < 4.78 is 4.92. The predicted octanol–water partition coefficient (Wildman–Crippen LogP) is 2.23. The van der Waals surface area contributed by atoms with E-state index in [1.165, 1.54) is 7.11 Å². The summed E-state index contributed by atoms with van der Waals surface area (Å²) in [5.41, 5.74) is 0. The first-order valence-electron chi connectivity index (χ1n) is 2.89. The fourth-order valence-corrected chi connectivity index (χ4v) is 0.643. The first kappa shape index (κ1) is 10.2. The van der Waals surface area contributed by atoms with Crippen molar-refractivity contribution in [1.82, 2.24) is 0 Å². The molecule has 0 aliphatic heterocycles. The van der Waals surface area contributed by atoms with Crippen molar-refractivity contribution in [3.63, 3.8) is 0 Å². The molecule has 0 aromatic rings. The van der Waals surface area contributed by atoms with Gasteiger partial charge in [-0.3, -0.25) is 5.41 Å². The zero-order valence-electron chi connectivity index (χ0n) is 6.24. The van der Waals surface area contributed by atoms with Crippen LogP contribution in [0.3, 0.4) is 0 Å². The predicted molar refractivity (Wildman–Crippen MR) is 44.3 cm³/mol. The largest absolute Gasteiger partial charge is 0.379 e. The van der Waals surface area contributed by atoms with Crippen LogP contribution in [0.2, 0.25) is 0 Å². The molecule has 2 unspecified atom stereocenters. The number of nitrogens with one attached hydrogen (secondary N) is 1. The summed E-state index contributed by atoms with van der Waals surface area (Å²) in [5, 5.41) is 6.99. The zero-order chi connectivity index (χ0) is 8.36. The van der Waals surface area contributed by atoms with Crippen LogP contribution in [0.25, 0.3) is 0 Å². The lowest BCUT2D eigenvalue weighted by Crippen LogP contribution is -2.38. The highest BCUT2D eigenvalue weighted by atomic mass is 35.5. The van der Waals surface area contributed by atoms with Gasteiger partial charge in [0.15, 0.2) is 0 Å². The lowest BCUT2D eigenvalue weighted by atomic mass is 10.1. The van der Waals surface area contributed by atoms with E-state index in [9.17, 15) is 0 Å². The van der Waals surface area contributed by atoms with Gasteiger partial charge >= 0.3 is 0 Å². The van der Waals surface area contributed by atoms with Crippen LogP contribution >= 0.6 is 23.2 Å². The molecule has 0 bridgehead atoms. The van der Waals surface area contributed by atoms with E-state index in [0.29, 0.717) is 0 Å². The topological polar surface area (TPSA) is 33.1 Å². The third-order valence-electron chi connectivity index (χ3n) is 1.55. The molecule has 0 saturated carbocycles. The van der Waals surface area contributed by atoms with Gasteiger partial charge in [-0.15, -0.1) is 11.6 Å². The standard InChI is InChI=1S/C6H11Cl2NO/c1-4(10-3)6(2,8)5(7)9/h4,9H,1-3H3. The monoisotopic (exact) mass is 183 g/mol. The van der Waals surface area contributed by atoms with E-state index in [4.69, 9.17) is 33.3 Å². The van der Waals surface area contributed by atoms with E-state index >= 15 is 0 Å². The Morgan fingerprint density at radius 2 is 2.10 bits per heavy atom. The number of methoxy groups -OCH3 is 1. The van der Waals surface area contributed by atoms with Gasteiger partial charge in [-0.2, -0.15) is 0 Å². The average molecular weight is 184 g/mol. The van der Waals surface area contributed by atoms with E-state index in [2.05, 4.69) is 0 Å². The highest BCUT2D eigenvalue weighted by Crippen LogP contribution is 2.24. The summed E-state index contributed by atoms with van der Waals surface area (Å²) in [6, 6.07) is 0. The number of rotatable bonds is 3. The van der Waals surface area contributed by atoms with Gasteiger partial charge in [0, 0.05) is 7.11 Å². The molecule has 0 aliphatic rings. The molecule has 2 atom stereocenters. The number of hydrogen-bond donors (Lipinski definition) is 1. The molecule has 0 saturated heterocycles. The van der Waals surface area contributed by atoms with Crippen molar-refractivity contribution in [2.45, 2.75) is 24.8 Å². The van der Waals surface area contributed by atoms with Gasteiger partial charge in [-0.25, -0.2) is 0 Å². The Hall–Kier alpha value is 0.210. The van der Waals surface area contributed by atoms with Crippen molar-refractivity contribution < 1.29 is 4.74 Å². The average Bonchev–Trinajstić information content (AvgIpc) is 1.86. The molecule has 0 aromatic carbocycles. The number of halogens is 2. The van der Waals surface area contributed by atoms with Gasteiger partial charge in [0.05, 0.1) is 6.10 Å². The van der Waals surface area contributed by atoms with Crippen molar-refractivity contribution in [3.05, 3.63) is 0 Å². The number of alkyl halides is 1. The summed E-state index contributed by atoms with van der Waals surface area (Å²) >= 11 is 11.3. The molecule has 0 aromatic heterocycles. The Balaban J connectivity index is 4.23. The molecule has 0 radical (unpaired) electrons. The summed E-state index contributed by atoms with van der Waals surface area (Å²) in [4.78, 5) is -0.893. The summed E-state index contributed by atoms with van der Waals surface area (Å²) in [5.74, 6) is 0. The van der Waals surface area contributed by atoms with Crippen LogP contribution in [0.1, 0.15) is 13.8 Å². The van der Waals surface area contributed by atoms with Gasteiger partial charge < -0.3 is 4.74 Å². The molecule has 4 heteroatoms. The van der Waals surface area contributed by atoms with E-state index in [0.717, 1.165) is 0 Å². The SMILES string of the molecule is COC(C)C(C)(Cl)C(=N)Cl. The second-order valence-corrected chi connectivity index (χ2v) is 3.43. The maximum absolute atomic E-state index is 7.08. The fraction of sp³-hybridized carbons (Fsp3) is 0.833. The summed E-state index contributed by atoms with van der Waals surface area (Å²) in [6.45, 7) is 3.42. The second kappa shape index (κ2) is 3.56. The maximum atomic E-state index is 7.08. The molecular weight excluding hydrogens is 173 g/mol. The quantitative estimate of drug-likeness (QED) is 0.529. The van der Waals surface area contributed by atoms with Crippen molar-refractivity contribution >= 4 is 28.4 Å².